The molecule has 10 heteroatoms. The molecule has 0 aliphatic heterocycles. The molecular formula is C20H24F3N3O4. The van der Waals surface area contributed by atoms with Gasteiger partial charge in [-0.3, -0.25) is 9.59 Å². The van der Waals surface area contributed by atoms with Crippen molar-refractivity contribution in [2.24, 2.45) is 0 Å². The monoisotopic (exact) mass is 427 g/mol. The molecule has 1 atom stereocenters. The molecule has 0 fully saturated rings. The van der Waals surface area contributed by atoms with Crippen molar-refractivity contribution < 1.29 is 27.4 Å². The molecule has 30 heavy (non-hydrogen) atoms. The van der Waals surface area contributed by atoms with Gasteiger partial charge in [0.05, 0.1) is 32.1 Å². The smallest absolute Gasteiger partial charge is 0.423 e. The lowest BCUT2D eigenvalue weighted by Gasteiger charge is -2.19. The molecule has 7 nitrogen and oxygen atoms in total. The number of carbonyl (C=O) groups is 1. The number of nitrogens with one attached hydrogen (secondary N) is 1. The Balaban J connectivity index is 2.24. The van der Waals surface area contributed by atoms with Crippen molar-refractivity contribution in [3.05, 3.63) is 51.9 Å². The van der Waals surface area contributed by atoms with E-state index < -0.39 is 35.0 Å². The van der Waals surface area contributed by atoms with Gasteiger partial charge >= 0.3 is 12.1 Å². The van der Waals surface area contributed by atoms with Crippen LogP contribution in [-0.4, -0.2) is 35.5 Å². The lowest BCUT2D eigenvalue weighted by Crippen LogP contribution is -2.33. The summed E-state index contributed by atoms with van der Waals surface area (Å²) in [6.45, 7) is 3.39. The van der Waals surface area contributed by atoms with Gasteiger partial charge in [-0.05, 0) is 38.0 Å². The Labute approximate surface area is 171 Å². The van der Waals surface area contributed by atoms with Gasteiger partial charge in [-0.1, -0.05) is 12.1 Å². The van der Waals surface area contributed by atoms with Crippen molar-refractivity contribution in [2.45, 2.75) is 45.5 Å². The number of hydrogen-bond acceptors (Lipinski definition) is 6. The Hall–Kier alpha value is -3.04. The van der Waals surface area contributed by atoms with Crippen molar-refractivity contribution in [1.82, 2.24) is 9.78 Å². The minimum atomic E-state index is -4.87. The fourth-order valence-corrected chi connectivity index (χ4v) is 2.79. The maximum Gasteiger partial charge on any atom is 0.423 e. The van der Waals surface area contributed by atoms with Crippen molar-refractivity contribution in [2.75, 3.05) is 19.0 Å². The standard InChI is InChI=1S/C20H24F3N3O4/c1-4-30-17(27)10-5-13(2)25-16-11-24-26(19(28)18(16)20(21,22)23)12-14-6-8-15(29-3)9-7-14/h6-9,11,13,25H,4-5,10,12H2,1-3H3/t13-/m0/s1. The molecule has 1 aromatic carbocycles. The van der Waals surface area contributed by atoms with E-state index in [2.05, 4.69) is 10.4 Å². The molecule has 164 valence electrons. The zero-order valence-electron chi connectivity index (χ0n) is 17.0. The van der Waals surface area contributed by atoms with Crippen LogP contribution in [0.5, 0.6) is 5.75 Å². The first kappa shape index (κ1) is 23.2. The highest BCUT2D eigenvalue weighted by atomic mass is 19.4. The van der Waals surface area contributed by atoms with Crippen LogP contribution in [0.15, 0.2) is 35.3 Å². The average molecular weight is 427 g/mol. The summed E-state index contributed by atoms with van der Waals surface area (Å²) in [6, 6.07) is 6.07. The summed E-state index contributed by atoms with van der Waals surface area (Å²) in [5.41, 5.74) is -2.40. The normalized spacial score (nSPS) is 12.3. The Morgan fingerprint density at radius 1 is 1.27 bits per heavy atom. The Kier molecular flexibility index (Phi) is 7.85. The average Bonchev–Trinajstić information content (AvgIpc) is 2.68. The maximum atomic E-state index is 13.6. The van der Waals surface area contributed by atoms with Crippen molar-refractivity contribution >= 4 is 11.7 Å². The number of nitrogens with zero attached hydrogens (tertiary/aromatic N) is 2. The van der Waals surface area contributed by atoms with E-state index in [1.54, 1.807) is 38.1 Å². The van der Waals surface area contributed by atoms with Crippen molar-refractivity contribution in [1.29, 1.82) is 0 Å². The van der Waals surface area contributed by atoms with Crippen LogP contribution in [0.3, 0.4) is 0 Å². The lowest BCUT2D eigenvalue weighted by atomic mass is 10.1. The number of carbonyl (C=O) groups excluding carboxylic acids is 1. The quantitative estimate of drug-likeness (QED) is 0.617. The third-order valence-corrected chi connectivity index (χ3v) is 4.31. The van der Waals surface area contributed by atoms with E-state index >= 15 is 0 Å². The molecule has 1 aromatic heterocycles. The second kappa shape index (κ2) is 10.1. The Morgan fingerprint density at radius 2 is 1.93 bits per heavy atom. The number of anilines is 1. The van der Waals surface area contributed by atoms with Gasteiger partial charge in [-0.15, -0.1) is 0 Å². The topological polar surface area (TPSA) is 82.4 Å². The lowest BCUT2D eigenvalue weighted by molar-refractivity contribution is -0.143. The number of alkyl halides is 3. The van der Waals surface area contributed by atoms with Crippen LogP contribution in [-0.2, 0) is 22.3 Å². The molecule has 0 radical (unpaired) electrons. The molecule has 0 aliphatic rings. The number of hydrogen-bond donors (Lipinski definition) is 1. The van der Waals surface area contributed by atoms with Gasteiger partial charge in [-0.25, -0.2) is 4.68 Å². The molecule has 0 aliphatic carbocycles. The number of methoxy groups -OCH3 is 1. The summed E-state index contributed by atoms with van der Waals surface area (Å²) in [6.07, 6.45) is -3.60. The van der Waals surface area contributed by atoms with E-state index in [-0.39, 0.29) is 26.0 Å². The number of aromatic nitrogens is 2. The van der Waals surface area contributed by atoms with E-state index in [4.69, 9.17) is 9.47 Å². The molecule has 0 amide bonds. The molecule has 0 spiro atoms. The third-order valence-electron chi connectivity index (χ3n) is 4.31. The zero-order chi connectivity index (χ0) is 22.3. The van der Waals surface area contributed by atoms with E-state index in [1.807, 2.05) is 0 Å². The molecule has 1 heterocycles. The molecule has 0 saturated carbocycles. The maximum absolute atomic E-state index is 13.6. The van der Waals surface area contributed by atoms with Crippen LogP contribution in [0.25, 0.3) is 0 Å². The van der Waals surface area contributed by atoms with Gasteiger partial charge in [0.25, 0.3) is 5.56 Å². The summed E-state index contributed by atoms with van der Waals surface area (Å²) in [5.74, 6) is 0.154. The fraction of sp³-hybridized carbons (Fsp3) is 0.450. The highest BCUT2D eigenvalue weighted by molar-refractivity contribution is 5.69. The van der Waals surface area contributed by atoms with Crippen LogP contribution < -0.4 is 15.6 Å². The van der Waals surface area contributed by atoms with Crippen LogP contribution >= 0.6 is 0 Å². The molecule has 2 aromatic rings. The molecule has 0 saturated heterocycles. The predicted octanol–water partition coefficient (Wildman–Crippen LogP) is 3.46. The Morgan fingerprint density at radius 3 is 2.50 bits per heavy atom. The van der Waals surface area contributed by atoms with Crippen LogP contribution in [0.2, 0.25) is 0 Å². The number of ether oxygens (including phenoxy) is 2. The number of halogens is 3. The van der Waals surface area contributed by atoms with Gasteiger partial charge in [0, 0.05) is 12.5 Å². The molecule has 1 N–H and O–H groups in total. The zero-order valence-corrected chi connectivity index (χ0v) is 17.0. The largest absolute Gasteiger partial charge is 0.497 e. The SMILES string of the molecule is CCOC(=O)CC[C@H](C)Nc1cnn(Cc2ccc(OC)cc2)c(=O)c1C(F)(F)F. The van der Waals surface area contributed by atoms with Crippen LogP contribution in [0.1, 0.15) is 37.8 Å². The van der Waals surface area contributed by atoms with Crippen LogP contribution in [0.4, 0.5) is 18.9 Å². The Bertz CT molecular complexity index is 911. The number of esters is 1. The first-order chi connectivity index (χ1) is 14.2. The minimum absolute atomic E-state index is 0.0469. The minimum Gasteiger partial charge on any atom is -0.497 e. The highest BCUT2D eigenvalue weighted by Gasteiger charge is 2.38. The second-order valence-electron chi connectivity index (χ2n) is 6.63. The predicted molar refractivity (Wildman–Crippen MR) is 105 cm³/mol. The van der Waals surface area contributed by atoms with E-state index in [0.29, 0.717) is 11.3 Å². The van der Waals surface area contributed by atoms with Gasteiger partial charge in [-0.2, -0.15) is 18.3 Å². The van der Waals surface area contributed by atoms with Gasteiger partial charge < -0.3 is 14.8 Å². The van der Waals surface area contributed by atoms with Crippen molar-refractivity contribution in [3.63, 3.8) is 0 Å². The number of benzene rings is 1. The van der Waals surface area contributed by atoms with Crippen LogP contribution in [0, 0.1) is 0 Å². The molecule has 2 rings (SSSR count). The van der Waals surface area contributed by atoms with Gasteiger partial charge in [0.15, 0.2) is 0 Å². The first-order valence-electron chi connectivity index (χ1n) is 9.38. The summed E-state index contributed by atoms with van der Waals surface area (Å²) in [4.78, 5) is 24.0. The molecule has 0 bridgehead atoms. The van der Waals surface area contributed by atoms with Gasteiger partial charge in [0.2, 0.25) is 0 Å². The van der Waals surface area contributed by atoms with Crippen molar-refractivity contribution in [3.8, 4) is 5.75 Å². The first-order valence-corrected chi connectivity index (χ1v) is 9.38. The fourth-order valence-electron chi connectivity index (χ4n) is 2.79. The third kappa shape index (κ3) is 6.23. The summed E-state index contributed by atoms with van der Waals surface area (Å²) in [5, 5.41) is 6.53. The van der Waals surface area contributed by atoms with E-state index in [0.717, 1.165) is 10.9 Å². The van der Waals surface area contributed by atoms with E-state index in [1.165, 1.54) is 7.11 Å². The number of rotatable bonds is 9. The van der Waals surface area contributed by atoms with Gasteiger partial charge in [0.1, 0.15) is 11.3 Å². The van der Waals surface area contributed by atoms with E-state index in [9.17, 15) is 22.8 Å². The summed E-state index contributed by atoms with van der Waals surface area (Å²) >= 11 is 0. The molecule has 0 unspecified atom stereocenters. The summed E-state index contributed by atoms with van der Waals surface area (Å²) < 4.78 is 51.5. The summed E-state index contributed by atoms with van der Waals surface area (Å²) in [7, 11) is 1.50. The molecular weight excluding hydrogens is 403 g/mol. The second-order valence-corrected chi connectivity index (χ2v) is 6.63. The highest BCUT2D eigenvalue weighted by Crippen LogP contribution is 2.32.